The van der Waals surface area contributed by atoms with Crippen LogP contribution in [0.1, 0.15) is 45.4 Å². The van der Waals surface area contributed by atoms with Crippen LogP contribution in [0.4, 0.5) is 13.2 Å². The van der Waals surface area contributed by atoms with Gasteiger partial charge in [-0.1, -0.05) is 25.1 Å². The zero-order valence-corrected chi connectivity index (χ0v) is 10.8. The summed E-state index contributed by atoms with van der Waals surface area (Å²) in [6.45, 7) is 2.13. The Bertz CT molecular complexity index is 274. The first-order chi connectivity index (χ1) is 7.91. The van der Waals surface area contributed by atoms with Crippen LogP contribution in [0.2, 0.25) is 0 Å². The molecule has 98 valence electrons. The van der Waals surface area contributed by atoms with Crippen molar-refractivity contribution in [2.24, 2.45) is 11.3 Å². The maximum atomic E-state index is 12.0. The lowest BCUT2D eigenvalue weighted by Gasteiger charge is -2.34. The predicted molar refractivity (Wildman–Crippen MR) is 63.4 cm³/mol. The third-order valence-electron chi connectivity index (χ3n) is 3.72. The van der Waals surface area contributed by atoms with Crippen LogP contribution >= 0.6 is 11.8 Å². The summed E-state index contributed by atoms with van der Waals surface area (Å²) >= 11 is -0.00343. The van der Waals surface area contributed by atoms with Gasteiger partial charge in [0.1, 0.15) is 0 Å². The molecule has 0 saturated heterocycles. The van der Waals surface area contributed by atoms with E-state index < -0.39 is 10.9 Å². The number of thioether (sulfide) groups is 1. The molecule has 0 aromatic rings. The van der Waals surface area contributed by atoms with E-state index in [4.69, 9.17) is 0 Å². The van der Waals surface area contributed by atoms with Crippen molar-refractivity contribution in [3.63, 3.8) is 0 Å². The summed E-state index contributed by atoms with van der Waals surface area (Å²) in [5, 5.41) is 9.19. The summed E-state index contributed by atoms with van der Waals surface area (Å²) in [5.74, 6) is 0.667. The molecule has 1 fully saturated rings. The minimum Gasteiger partial charge on any atom is -0.198 e. The van der Waals surface area contributed by atoms with Gasteiger partial charge < -0.3 is 0 Å². The van der Waals surface area contributed by atoms with Gasteiger partial charge in [0, 0.05) is 5.75 Å². The number of rotatable bonds is 4. The highest BCUT2D eigenvalue weighted by Crippen LogP contribution is 2.44. The molecule has 0 aromatic heterocycles. The third-order valence-corrected chi connectivity index (χ3v) is 4.46. The molecule has 0 N–H and O–H groups in total. The molecular formula is C12H18F3NS. The summed E-state index contributed by atoms with van der Waals surface area (Å²) < 4.78 is 36.1. The highest BCUT2D eigenvalue weighted by Gasteiger charge is 2.36. The van der Waals surface area contributed by atoms with Crippen LogP contribution in [0.5, 0.6) is 0 Å². The van der Waals surface area contributed by atoms with Gasteiger partial charge in [-0.2, -0.15) is 18.4 Å². The number of hydrogen-bond donors (Lipinski definition) is 0. The summed E-state index contributed by atoms with van der Waals surface area (Å²) in [6, 6.07) is 2.27. The largest absolute Gasteiger partial charge is 0.441 e. The van der Waals surface area contributed by atoms with Gasteiger partial charge in [-0.25, -0.2) is 0 Å². The molecule has 0 amide bonds. The number of alkyl halides is 3. The van der Waals surface area contributed by atoms with Gasteiger partial charge >= 0.3 is 5.51 Å². The summed E-state index contributed by atoms with van der Waals surface area (Å²) in [7, 11) is 0. The van der Waals surface area contributed by atoms with Crippen molar-refractivity contribution in [3.05, 3.63) is 0 Å². The Hall–Kier alpha value is -0.370. The normalized spacial score (nSPS) is 29.9. The van der Waals surface area contributed by atoms with Crippen LogP contribution in [0, 0.1) is 22.7 Å². The maximum absolute atomic E-state index is 12.0. The molecule has 5 heteroatoms. The Balaban J connectivity index is 2.41. The van der Waals surface area contributed by atoms with Crippen LogP contribution < -0.4 is 0 Å². The standard InChI is InChI=1S/C12H18F3NS/c1-2-10-3-5-11(9-16,6-4-10)7-8-17-12(13,14)15/h10H,2-8H2,1H3. The van der Waals surface area contributed by atoms with Crippen LogP contribution in [0.25, 0.3) is 0 Å². The van der Waals surface area contributed by atoms with E-state index in [9.17, 15) is 18.4 Å². The second-order valence-electron chi connectivity index (χ2n) is 4.79. The molecule has 0 aliphatic heterocycles. The first-order valence-electron chi connectivity index (χ1n) is 6.03. The second-order valence-corrected chi connectivity index (χ2v) is 5.95. The minimum atomic E-state index is -4.17. The molecule has 0 aromatic carbocycles. The number of nitriles is 1. The molecule has 1 rings (SSSR count). The van der Waals surface area contributed by atoms with Crippen LogP contribution in [0.15, 0.2) is 0 Å². The molecule has 0 bridgehead atoms. The number of nitrogens with zero attached hydrogens (tertiary/aromatic N) is 1. The van der Waals surface area contributed by atoms with Crippen molar-refractivity contribution >= 4 is 11.8 Å². The van der Waals surface area contributed by atoms with Gasteiger partial charge in [0.15, 0.2) is 0 Å². The fourth-order valence-electron chi connectivity index (χ4n) is 2.42. The van der Waals surface area contributed by atoms with Crippen molar-refractivity contribution < 1.29 is 13.2 Å². The van der Waals surface area contributed by atoms with Gasteiger partial charge in [-0.05, 0) is 38.0 Å². The maximum Gasteiger partial charge on any atom is 0.441 e. The van der Waals surface area contributed by atoms with Gasteiger partial charge in [0.25, 0.3) is 0 Å². The average Bonchev–Trinajstić information content (AvgIpc) is 2.28. The van der Waals surface area contributed by atoms with Gasteiger partial charge in [0.05, 0.1) is 11.5 Å². The van der Waals surface area contributed by atoms with E-state index in [1.165, 1.54) is 0 Å². The Morgan fingerprint density at radius 2 is 1.94 bits per heavy atom. The fraction of sp³-hybridized carbons (Fsp3) is 0.917. The molecule has 1 aliphatic carbocycles. The Kier molecular flexibility index (Phi) is 5.18. The molecule has 17 heavy (non-hydrogen) atoms. The molecule has 1 aliphatic rings. The molecule has 1 nitrogen and oxygen atoms in total. The van der Waals surface area contributed by atoms with Crippen molar-refractivity contribution in [2.75, 3.05) is 5.75 Å². The van der Waals surface area contributed by atoms with Crippen LogP contribution in [-0.4, -0.2) is 11.3 Å². The van der Waals surface area contributed by atoms with E-state index in [1.807, 2.05) is 0 Å². The summed E-state index contributed by atoms with van der Waals surface area (Å²) in [4.78, 5) is 0. The monoisotopic (exact) mass is 265 g/mol. The zero-order chi connectivity index (χ0) is 12.9. The first kappa shape index (κ1) is 14.7. The lowest BCUT2D eigenvalue weighted by Crippen LogP contribution is -2.27. The smallest absolute Gasteiger partial charge is 0.198 e. The van der Waals surface area contributed by atoms with Crippen molar-refractivity contribution in [2.45, 2.75) is 51.0 Å². The van der Waals surface area contributed by atoms with E-state index in [-0.39, 0.29) is 17.5 Å². The molecular weight excluding hydrogens is 247 g/mol. The van der Waals surface area contributed by atoms with Crippen molar-refractivity contribution in [1.82, 2.24) is 0 Å². The molecule has 0 radical (unpaired) electrons. The molecule has 0 heterocycles. The number of hydrogen-bond acceptors (Lipinski definition) is 2. The predicted octanol–water partition coefficient (Wildman–Crippen LogP) is 4.74. The quantitative estimate of drug-likeness (QED) is 0.733. The van der Waals surface area contributed by atoms with E-state index >= 15 is 0 Å². The van der Waals surface area contributed by atoms with Crippen molar-refractivity contribution in [1.29, 1.82) is 5.26 Å². The van der Waals surface area contributed by atoms with Crippen molar-refractivity contribution in [3.8, 4) is 6.07 Å². The average molecular weight is 265 g/mol. The molecule has 0 atom stereocenters. The lowest BCUT2D eigenvalue weighted by atomic mass is 9.69. The summed E-state index contributed by atoms with van der Waals surface area (Å²) in [6.07, 6.45) is 4.98. The lowest BCUT2D eigenvalue weighted by molar-refractivity contribution is -0.0329. The fourth-order valence-corrected chi connectivity index (χ4v) is 3.14. The van der Waals surface area contributed by atoms with Gasteiger partial charge in [-0.3, -0.25) is 0 Å². The molecule has 0 spiro atoms. The molecule has 1 saturated carbocycles. The van der Waals surface area contributed by atoms with E-state index in [0.717, 1.165) is 32.1 Å². The third kappa shape index (κ3) is 4.79. The highest BCUT2D eigenvalue weighted by molar-refractivity contribution is 8.00. The SMILES string of the molecule is CCC1CCC(C#N)(CCSC(F)(F)F)CC1. The topological polar surface area (TPSA) is 23.8 Å². The number of halogens is 3. The van der Waals surface area contributed by atoms with Crippen LogP contribution in [0.3, 0.4) is 0 Å². The summed E-state index contributed by atoms with van der Waals surface area (Å²) in [5.41, 5.74) is -4.67. The van der Waals surface area contributed by atoms with E-state index in [2.05, 4.69) is 13.0 Å². The Morgan fingerprint density at radius 1 is 1.35 bits per heavy atom. The second kappa shape index (κ2) is 5.99. The van der Waals surface area contributed by atoms with Gasteiger partial charge in [0.2, 0.25) is 0 Å². The molecule has 0 unspecified atom stereocenters. The highest BCUT2D eigenvalue weighted by atomic mass is 32.2. The van der Waals surface area contributed by atoms with Gasteiger partial charge in [-0.15, -0.1) is 0 Å². The van der Waals surface area contributed by atoms with Crippen LogP contribution in [-0.2, 0) is 0 Å². The first-order valence-corrected chi connectivity index (χ1v) is 7.01. The zero-order valence-electron chi connectivity index (χ0n) is 10.0. The van der Waals surface area contributed by atoms with E-state index in [1.54, 1.807) is 0 Å². The Morgan fingerprint density at radius 3 is 2.35 bits per heavy atom. The Labute approximate surface area is 105 Å². The van der Waals surface area contributed by atoms with E-state index in [0.29, 0.717) is 12.3 Å². The minimum absolute atomic E-state index is 0.00343.